The lowest BCUT2D eigenvalue weighted by molar-refractivity contribution is 0.478. The molecule has 8 nitrogen and oxygen atoms in total. The first-order valence-corrected chi connectivity index (χ1v) is 10.8. The Morgan fingerprint density at radius 3 is 2.93 bits per heavy atom. The summed E-state index contributed by atoms with van der Waals surface area (Å²) >= 11 is 0. The van der Waals surface area contributed by atoms with Crippen LogP contribution in [0.2, 0.25) is 0 Å². The van der Waals surface area contributed by atoms with Gasteiger partial charge in [0.25, 0.3) is 10.1 Å². The van der Waals surface area contributed by atoms with E-state index in [9.17, 15) is 13.0 Å². The molecule has 3 heterocycles. The number of aryl methyl sites for hydroxylation is 1. The zero-order valence-electron chi connectivity index (χ0n) is 15.6. The Bertz CT molecular complexity index is 1100. The van der Waals surface area contributed by atoms with Crippen LogP contribution in [0.25, 0.3) is 16.7 Å². The maximum atomic E-state index is 11.9. The maximum Gasteiger partial charge on any atom is 0.296 e. The summed E-state index contributed by atoms with van der Waals surface area (Å²) in [7, 11) is -4.37. The highest BCUT2D eigenvalue weighted by molar-refractivity contribution is 7.86. The molecule has 1 atom stereocenters. The minimum Gasteiger partial charge on any atom is -0.350 e. The lowest BCUT2D eigenvalue weighted by Crippen LogP contribution is -2.38. The van der Waals surface area contributed by atoms with Crippen LogP contribution in [0, 0.1) is 0 Å². The summed E-state index contributed by atoms with van der Waals surface area (Å²) < 4.78 is 35.2. The number of hydrogen-bond acceptors (Lipinski definition) is 6. The molecular weight excluding hydrogens is 378 g/mol. The summed E-state index contributed by atoms with van der Waals surface area (Å²) in [5.41, 5.74) is 1.29. The van der Waals surface area contributed by atoms with E-state index in [1.807, 2.05) is 13.0 Å². The van der Waals surface area contributed by atoms with Crippen molar-refractivity contribution in [3.05, 3.63) is 42.2 Å². The topological polar surface area (TPSA) is 109 Å². The van der Waals surface area contributed by atoms with E-state index in [2.05, 4.69) is 20.6 Å². The molecule has 1 saturated heterocycles. The number of hydrogen-bond donors (Lipinski definition) is 3. The number of rotatable bonds is 5. The first kappa shape index (κ1) is 18.9. The highest BCUT2D eigenvalue weighted by Gasteiger charge is 2.20. The predicted octanol–water partition coefficient (Wildman–Crippen LogP) is 2.39. The number of fused-ring (bicyclic) bond motifs is 1. The van der Waals surface area contributed by atoms with Crippen molar-refractivity contribution in [3.63, 3.8) is 0 Å². The van der Waals surface area contributed by atoms with E-state index in [1.165, 1.54) is 6.07 Å². The van der Waals surface area contributed by atoms with Crippen molar-refractivity contribution in [1.82, 2.24) is 19.9 Å². The molecule has 148 valence electrons. The summed E-state index contributed by atoms with van der Waals surface area (Å²) in [6.07, 6.45) is 6.36. The molecule has 3 aromatic rings. The summed E-state index contributed by atoms with van der Waals surface area (Å²) in [5, 5.41) is 7.42. The monoisotopic (exact) mass is 401 g/mol. The van der Waals surface area contributed by atoms with Gasteiger partial charge in [0, 0.05) is 35.9 Å². The lowest BCUT2D eigenvalue weighted by Gasteiger charge is -2.24. The zero-order chi connectivity index (χ0) is 19.7. The van der Waals surface area contributed by atoms with Crippen LogP contribution < -0.4 is 10.6 Å². The minimum atomic E-state index is -4.37. The Labute approximate surface area is 163 Å². The molecule has 1 aliphatic heterocycles. The van der Waals surface area contributed by atoms with Crippen molar-refractivity contribution < 1.29 is 13.0 Å². The van der Waals surface area contributed by atoms with Gasteiger partial charge in [0.05, 0.1) is 5.52 Å². The highest BCUT2D eigenvalue weighted by atomic mass is 32.2. The van der Waals surface area contributed by atoms with E-state index >= 15 is 0 Å². The molecule has 0 aliphatic carbocycles. The van der Waals surface area contributed by atoms with E-state index in [4.69, 9.17) is 0 Å². The Hall–Kier alpha value is -2.49. The van der Waals surface area contributed by atoms with Crippen molar-refractivity contribution >= 4 is 27.0 Å². The number of aromatic nitrogens is 3. The Kier molecular flexibility index (Phi) is 5.05. The molecule has 0 unspecified atom stereocenters. The molecule has 0 spiro atoms. The second kappa shape index (κ2) is 7.50. The zero-order valence-corrected chi connectivity index (χ0v) is 16.4. The first-order valence-electron chi connectivity index (χ1n) is 9.38. The molecule has 4 rings (SSSR count). The van der Waals surface area contributed by atoms with Crippen LogP contribution in [0.15, 0.2) is 41.6 Å². The van der Waals surface area contributed by atoms with Gasteiger partial charge >= 0.3 is 0 Å². The van der Waals surface area contributed by atoms with Crippen molar-refractivity contribution in [2.75, 3.05) is 18.4 Å². The SMILES string of the molecule is CCc1cnc(N[C@H]2CCCNC2)nc1-n1ccc2cccc(S(=O)(=O)O)c21. The van der Waals surface area contributed by atoms with Crippen LogP contribution in [-0.2, 0) is 16.5 Å². The van der Waals surface area contributed by atoms with Crippen molar-refractivity contribution in [2.45, 2.75) is 37.1 Å². The van der Waals surface area contributed by atoms with Gasteiger partial charge in [-0.05, 0) is 37.9 Å². The Morgan fingerprint density at radius 1 is 1.36 bits per heavy atom. The lowest BCUT2D eigenvalue weighted by atomic mass is 10.1. The quantitative estimate of drug-likeness (QED) is 0.563. The van der Waals surface area contributed by atoms with Crippen LogP contribution in [0.3, 0.4) is 0 Å². The van der Waals surface area contributed by atoms with Crippen LogP contribution in [0.5, 0.6) is 0 Å². The molecule has 0 amide bonds. The molecule has 1 fully saturated rings. The third-order valence-corrected chi connectivity index (χ3v) is 5.92. The molecule has 3 N–H and O–H groups in total. The Morgan fingerprint density at radius 2 is 2.21 bits per heavy atom. The molecule has 28 heavy (non-hydrogen) atoms. The second-order valence-electron chi connectivity index (χ2n) is 6.94. The number of benzene rings is 1. The van der Waals surface area contributed by atoms with Gasteiger partial charge in [0.1, 0.15) is 10.7 Å². The van der Waals surface area contributed by atoms with Gasteiger partial charge in [-0.15, -0.1) is 0 Å². The molecule has 1 aliphatic rings. The van der Waals surface area contributed by atoms with Crippen LogP contribution in [0.4, 0.5) is 5.95 Å². The summed E-state index contributed by atoms with van der Waals surface area (Å²) in [6.45, 7) is 3.87. The van der Waals surface area contributed by atoms with E-state index in [0.717, 1.165) is 31.5 Å². The first-order chi connectivity index (χ1) is 13.5. The van der Waals surface area contributed by atoms with Crippen LogP contribution in [0.1, 0.15) is 25.3 Å². The normalized spacial score (nSPS) is 17.7. The summed E-state index contributed by atoms with van der Waals surface area (Å²) in [4.78, 5) is 8.99. The van der Waals surface area contributed by atoms with E-state index < -0.39 is 10.1 Å². The fourth-order valence-electron chi connectivity index (χ4n) is 3.63. The largest absolute Gasteiger partial charge is 0.350 e. The number of nitrogens with one attached hydrogen (secondary N) is 2. The van der Waals surface area contributed by atoms with Gasteiger partial charge in [-0.3, -0.25) is 9.12 Å². The van der Waals surface area contributed by atoms with Gasteiger partial charge in [-0.2, -0.15) is 13.4 Å². The average molecular weight is 401 g/mol. The fourth-order valence-corrected chi connectivity index (χ4v) is 4.34. The predicted molar refractivity (Wildman–Crippen MR) is 108 cm³/mol. The van der Waals surface area contributed by atoms with E-state index in [-0.39, 0.29) is 10.9 Å². The number of nitrogens with zero attached hydrogens (tertiary/aromatic N) is 3. The van der Waals surface area contributed by atoms with Gasteiger partial charge in [0.15, 0.2) is 0 Å². The van der Waals surface area contributed by atoms with Crippen molar-refractivity contribution in [2.24, 2.45) is 0 Å². The third kappa shape index (κ3) is 3.60. The van der Waals surface area contributed by atoms with E-state index in [0.29, 0.717) is 29.1 Å². The Balaban J connectivity index is 1.83. The molecule has 0 radical (unpaired) electrons. The fraction of sp³-hybridized carbons (Fsp3) is 0.368. The van der Waals surface area contributed by atoms with Crippen molar-refractivity contribution in [3.8, 4) is 5.82 Å². The van der Waals surface area contributed by atoms with Gasteiger partial charge in [0.2, 0.25) is 5.95 Å². The third-order valence-electron chi connectivity index (χ3n) is 5.03. The summed E-state index contributed by atoms with van der Waals surface area (Å²) in [5.74, 6) is 1.11. The van der Waals surface area contributed by atoms with Crippen molar-refractivity contribution in [1.29, 1.82) is 0 Å². The van der Waals surface area contributed by atoms with Gasteiger partial charge in [-0.1, -0.05) is 19.1 Å². The van der Waals surface area contributed by atoms with Gasteiger partial charge in [-0.25, -0.2) is 4.98 Å². The molecule has 0 saturated carbocycles. The maximum absolute atomic E-state index is 11.9. The smallest absolute Gasteiger partial charge is 0.296 e. The summed E-state index contributed by atoms with van der Waals surface area (Å²) in [6, 6.07) is 6.88. The van der Waals surface area contributed by atoms with Gasteiger partial charge < -0.3 is 10.6 Å². The highest BCUT2D eigenvalue weighted by Crippen LogP contribution is 2.28. The molecule has 2 aromatic heterocycles. The molecule has 9 heteroatoms. The standard InChI is InChI=1S/C19H23N5O3S/c1-2-13-11-21-19(22-15-6-4-9-20-12-15)23-18(13)24-10-8-14-5-3-7-16(17(14)24)28(25,26)27/h3,5,7-8,10-11,15,20H,2,4,6,9,12H2,1H3,(H,21,22,23)(H,25,26,27)/t15-/m0/s1. The second-order valence-corrected chi connectivity index (χ2v) is 8.33. The number of piperidine rings is 1. The average Bonchev–Trinajstić information content (AvgIpc) is 3.12. The van der Waals surface area contributed by atoms with Crippen LogP contribution in [-0.4, -0.2) is 46.6 Å². The number of anilines is 1. The number of para-hydroxylation sites is 1. The molecule has 0 bridgehead atoms. The van der Waals surface area contributed by atoms with E-state index in [1.54, 1.807) is 29.1 Å². The minimum absolute atomic E-state index is 0.137. The molecular formula is C19H23N5O3S. The molecule has 1 aromatic carbocycles. The van der Waals surface area contributed by atoms with Crippen LogP contribution >= 0.6 is 0 Å².